The molecule has 2 heterocycles. The molecular formula is C11H15AcN2O-. The maximum atomic E-state index is 9.83. The second-order valence-electron chi connectivity index (χ2n) is 4.15. The van der Waals surface area contributed by atoms with Crippen LogP contribution in [0.2, 0.25) is 0 Å². The Hall–Kier alpha value is 0.222. The quantitative estimate of drug-likeness (QED) is 0.698. The molecule has 1 saturated heterocycles. The van der Waals surface area contributed by atoms with Crippen molar-refractivity contribution in [3.05, 3.63) is 30.8 Å². The summed E-state index contributed by atoms with van der Waals surface area (Å²) >= 11 is 0. The van der Waals surface area contributed by atoms with Crippen LogP contribution < -0.4 is 4.90 Å². The van der Waals surface area contributed by atoms with Gasteiger partial charge in [0.2, 0.25) is 0 Å². The van der Waals surface area contributed by atoms with Gasteiger partial charge in [0.1, 0.15) is 0 Å². The number of β-amino-alcohol motifs (C(OH)–C–C–N with tert-alkyl or cyclic N) is 1. The number of aliphatic hydroxyl groups is 1. The van der Waals surface area contributed by atoms with Crippen LogP contribution in [0.4, 0.5) is 5.82 Å². The minimum Gasteiger partial charge on any atom is -0.405 e. The SMILES string of the molecule is [Ac].[CH2-]c1cccnc1N1CCC(C)(O)C1. The van der Waals surface area contributed by atoms with Gasteiger partial charge in [-0.3, -0.25) is 0 Å². The topological polar surface area (TPSA) is 36.4 Å². The van der Waals surface area contributed by atoms with Gasteiger partial charge in [0.25, 0.3) is 0 Å². The van der Waals surface area contributed by atoms with Crippen LogP contribution in [-0.4, -0.2) is 28.8 Å². The number of nitrogens with zero attached hydrogens (tertiary/aromatic N) is 2. The molecule has 0 bridgehead atoms. The molecule has 0 amide bonds. The Bertz CT molecular complexity index is 341. The Morgan fingerprint density at radius 2 is 2.33 bits per heavy atom. The Labute approximate surface area is 126 Å². The monoisotopic (exact) mass is 418 g/mol. The Morgan fingerprint density at radius 3 is 2.87 bits per heavy atom. The van der Waals surface area contributed by atoms with E-state index >= 15 is 0 Å². The van der Waals surface area contributed by atoms with Gasteiger partial charge in [-0.25, -0.2) is 0 Å². The van der Waals surface area contributed by atoms with E-state index in [0.717, 1.165) is 24.3 Å². The average Bonchev–Trinajstić information content (AvgIpc) is 2.47. The fraction of sp³-hybridized carbons (Fsp3) is 0.455. The van der Waals surface area contributed by atoms with Crippen molar-refractivity contribution in [2.24, 2.45) is 0 Å². The first-order valence-corrected chi connectivity index (χ1v) is 4.83. The third kappa shape index (κ3) is 3.09. The first-order valence-electron chi connectivity index (χ1n) is 4.83. The first kappa shape index (κ1) is 13.3. The summed E-state index contributed by atoms with van der Waals surface area (Å²) in [6.07, 6.45) is 2.56. The molecule has 1 N–H and O–H groups in total. The molecule has 15 heavy (non-hydrogen) atoms. The van der Waals surface area contributed by atoms with E-state index in [1.54, 1.807) is 6.20 Å². The molecule has 1 aliphatic rings. The molecule has 4 heteroatoms. The molecule has 0 aromatic carbocycles. The smallest absolute Gasteiger partial charge is 0.0800 e. The Kier molecular flexibility index (Phi) is 4.46. The number of anilines is 1. The predicted octanol–water partition coefficient (Wildman–Crippen LogP) is 1.22. The second kappa shape index (κ2) is 5.03. The van der Waals surface area contributed by atoms with Crippen molar-refractivity contribution < 1.29 is 49.2 Å². The molecule has 1 unspecified atom stereocenters. The van der Waals surface area contributed by atoms with Crippen LogP contribution >= 0.6 is 0 Å². The molecule has 79 valence electrons. The van der Waals surface area contributed by atoms with Crippen LogP contribution in [0.15, 0.2) is 18.3 Å². The standard InChI is InChI=1S/C11H15N2O.Ac/c1-9-4-3-6-12-10(9)13-7-5-11(2,14)8-13;/h3-4,6,14H,1,5,7-8H2,2H3;/q-1;. The summed E-state index contributed by atoms with van der Waals surface area (Å²) in [5.74, 6) is 0.894. The molecule has 3 nitrogen and oxygen atoms in total. The van der Waals surface area contributed by atoms with Gasteiger partial charge in [-0.15, -0.1) is 6.07 Å². The van der Waals surface area contributed by atoms with E-state index in [1.807, 2.05) is 19.1 Å². The number of hydrogen-bond donors (Lipinski definition) is 1. The van der Waals surface area contributed by atoms with Gasteiger partial charge in [0.05, 0.1) is 5.60 Å². The van der Waals surface area contributed by atoms with E-state index in [9.17, 15) is 5.11 Å². The van der Waals surface area contributed by atoms with Crippen molar-refractivity contribution in [3.63, 3.8) is 0 Å². The number of hydrogen-bond acceptors (Lipinski definition) is 3. The largest absolute Gasteiger partial charge is 0.405 e. The van der Waals surface area contributed by atoms with Crippen LogP contribution in [0.3, 0.4) is 0 Å². The van der Waals surface area contributed by atoms with Crippen LogP contribution in [0.1, 0.15) is 18.9 Å². The molecule has 1 radical (unpaired) electrons. The van der Waals surface area contributed by atoms with E-state index in [4.69, 9.17) is 0 Å². The van der Waals surface area contributed by atoms with E-state index in [0.29, 0.717) is 6.54 Å². The van der Waals surface area contributed by atoms with Crippen molar-refractivity contribution in [1.82, 2.24) is 4.98 Å². The van der Waals surface area contributed by atoms with E-state index < -0.39 is 5.60 Å². The number of rotatable bonds is 1. The molecule has 0 saturated carbocycles. The third-order valence-electron chi connectivity index (χ3n) is 2.62. The van der Waals surface area contributed by atoms with Crippen molar-refractivity contribution in [2.75, 3.05) is 18.0 Å². The number of pyridine rings is 1. The normalized spacial score (nSPS) is 25.1. The summed E-state index contributed by atoms with van der Waals surface area (Å²) in [6.45, 7) is 7.29. The van der Waals surface area contributed by atoms with Crippen molar-refractivity contribution in [1.29, 1.82) is 0 Å². The summed E-state index contributed by atoms with van der Waals surface area (Å²) < 4.78 is 0. The molecule has 1 fully saturated rings. The molecule has 0 aliphatic carbocycles. The van der Waals surface area contributed by atoms with Gasteiger partial charge in [-0.2, -0.15) is 18.6 Å². The Morgan fingerprint density at radius 1 is 1.60 bits per heavy atom. The average molecular weight is 418 g/mol. The predicted molar refractivity (Wildman–Crippen MR) is 56.1 cm³/mol. The fourth-order valence-electron chi connectivity index (χ4n) is 1.84. The van der Waals surface area contributed by atoms with Gasteiger partial charge in [0, 0.05) is 69.2 Å². The van der Waals surface area contributed by atoms with Crippen LogP contribution in [0.5, 0.6) is 0 Å². The minimum atomic E-state index is -0.579. The minimum absolute atomic E-state index is 0. The molecule has 2 rings (SSSR count). The first-order chi connectivity index (χ1) is 6.58. The summed E-state index contributed by atoms with van der Waals surface area (Å²) in [5, 5.41) is 9.83. The van der Waals surface area contributed by atoms with E-state index in [2.05, 4.69) is 16.8 Å². The Balaban J connectivity index is 0.00000112. The number of aromatic nitrogens is 1. The fourth-order valence-corrected chi connectivity index (χ4v) is 1.84. The van der Waals surface area contributed by atoms with Crippen LogP contribution in [-0.2, 0) is 0 Å². The van der Waals surface area contributed by atoms with Crippen molar-refractivity contribution in [2.45, 2.75) is 18.9 Å². The maximum absolute atomic E-state index is 9.83. The summed E-state index contributed by atoms with van der Waals surface area (Å²) in [7, 11) is 0. The zero-order chi connectivity index (χ0) is 10.2. The summed E-state index contributed by atoms with van der Waals surface area (Å²) in [4.78, 5) is 6.36. The summed E-state index contributed by atoms with van der Waals surface area (Å²) in [6, 6.07) is 3.81. The molecule has 1 aromatic heterocycles. The molecule has 1 atom stereocenters. The van der Waals surface area contributed by atoms with E-state index in [1.165, 1.54) is 0 Å². The molecular weight excluding hydrogens is 403 g/mol. The van der Waals surface area contributed by atoms with E-state index in [-0.39, 0.29) is 44.1 Å². The van der Waals surface area contributed by atoms with Gasteiger partial charge in [-0.05, 0) is 13.3 Å². The van der Waals surface area contributed by atoms with Gasteiger partial charge in [-0.1, -0.05) is 0 Å². The summed E-state index contributed by atoms with van der Waals surface area (Å²) in [5.41, 5.74) is 0.342. The maximum Gasteiger partial charge on any atom is 0.0800 e. The zero-order valence-electron chi connectivity index (χ0n) is 8.98. The van der Waals surface area contributed by atoms with Crippen LogP contribution in [0, 0.1) is 51.0 Å². The van der Waals surface area contributed by atoms with Gasteiger partial charge >= 0.3 is 0 Å². The molecule has 1 aromatic rings. The zero-order valence-corrected chi connectivity index (χ0v) is 13.7. The van der Waals surface area contributed by atoms with Gasteiger partial charge in [0.15, 0.2) is 0 Å². The van der Waals surface area contributed by atoms with Crippen molar-refractivity contribution >= 4 is 5.82 Å². The second-order valence-corrected chi connectivity index (χ2v) is 4.15. The van der Waals surface area contributed by atoms with Gasteiger partial charge < -0.3 is 15.0 Å². The van der Waals surface area contributed by atoms with Crippen LogP contribution in [0.25, 0.3) is 0 Å². The third-order valence-corrected chi connectivity index (χ3v) is 2.62. The molecule has 0 spiro atoms. The molecule has 1 aliphatic heterocycles. The van der Waals surface area contributed by atoms with Crippen molar-refractivity contribution in [3.8, 4) is 0 Å².